The minimum atomic E-state index is -0.379. The fraction of sp³-hybridized carbons (Fsp3) is 0.250. The van der Waals surface area contributed by atoms with Gasteiger partial charge in [-0.3, -0.25) is 9.59 Å². The summed E-state index contributed by atoms with van der Waals surface area (Å²) < 4.78 is 5.20. The van der Waals surface area contributed by atoms with E-state index in [0.29, 0.717) is 29.1 Å². The van der Waals surface area contributed by atoms with Crippen molar-refractivity contribution in [2.75, 3.05) is 17.2 Å². The Bertz CT molecular complexity index is 1180. The normalized spacial score (nSPS) is 11.4. The number of rotatable bonds is 10. The molecule has 0 bridgehead atoms. The summed E-state index contributed by atoms with van der Waals surface area (Å²) in [4.78, 5) is 38.2. The van der Waals surface area contributed by atoms with Crippen LogP contribution in [0.2, 0.25) is 0 Å². The van der Waals surface area contributed by atoms with Crippen LogP contribution < -0.4 is 10.6 Å². The molecule has 1 atom stereocenters. The first kappa shape index (κ1) is 26.0. The lowest BCUT2D eigenvalue weighted by Crippen LogP contribution is -2.22. The van der Waals surface area contributed by atoms with Crippen LogP contribution in [0.5, 0.6) is 0 Å². The van der Waals surface area contributed by atoms with Crippen molar-refractivity contribution in [3.8, 4) is 0 Å². The first-order valence-corrected chi connectivity index (χ1v) is 12.5. The molecular formula is C28H30N2O4S. The maximum atomic E-state index is 12.7. The van der Waals surface area contributed by atoms with Gasteiger partial charge < -0.3 is 15.4 Å². The molecule has 3 rings (SSSR count). The molecule has 6 nitrogen and oxygen atoms in total. The van der Waals surface area contributed by atoms with Crippen LogP contribution in [0.25, 0.3) is 0 Å². The molecule has 0 radical (unpaired) electrons. The van der Waals surface area contributed by atoms with Gasteiger partial charge in [-0.2, -0.15) is 0 Å². The quantitative estimate of drug-likeness (QED) is 0.197. The third-order valence-corrected chi connectivity index (χ3v) is 6.38. The van der Waals surface area contributed by atoms with Gasteiger partial charge in [0.2, 0.25) is 5.91 Å². The Hall–Kier alpha value is -3.58. The maximum Gasteiger partial charge on any atom is 0.338 e. The zero-order valence-electron chi connectivity index (χ0n) is 20.2. The molecule has 0 saturated carbocycles. The van der Waals surface area contributed by atoms with Gasteiger partial charge in [0.15, 0.2) is 0 Å². The fourth-order valence-corrected chi connectivity index (χ4v) is 4.18. The summed E-state index contributed by atoms with van der Waals surface area (Å²) in [5.74, 6) is -0.703. The van der Waals surface area contributed by atoms with Crippen molar-refractivity contribution in [2.24, 2.45) is 0 Å². The molecule has 3 aromatic carbocycles. The summed E-state index contributed by atoms with van der Waals surface area (Å²) in [7, 11) is 0. The summed E-state index contributed by atoms with van der Waals surface area (Å²) in [6.45, 7) is 6.15. The molecule has 35 heavy (non-hydrogen) atoms. The van der Waals surface area contributed by atoms with Crippen molar-refractivity contribution in [2.45, 2.75) is 43.8 Å². The number of ether oxygens (including phenoxy) is 1. The van der Waals surface area contributed by atoms with Crippen LogP contribution in [0.4, 0.5) is 11.4 Å². The predicted octanol–water partition coefficient (Wildman–Crippen LogP) is 6.32. The van der Waals surface area contributed by atoms with Gasteiger partial charge in [0.05, 0.1) is 17.4 Å². The minimum absolute atomic E-state index is 0.164. The number of nitrogens with one attached hydrogen (secondary N) is 2. The molecule has 0 aliphatic heterocycles. The van der Waals surface area contributed by atoms with Crippen molar-refractivity contribution in [3.63, 3.8) is 0 Å². The minimum Gasteiger partial charge on any atom is -0.462 e. The third-order valence-electron chi connectivity index (χ3n) is 5.28. The number of aryl methyl sites for hydroxylation is 1. The maximum absolute atomic E-state index is 12.7. The average Bonchev–Trinajstić information content (AvgIpc) is 2.85. The third kappa shape index (κ3) is 7.72. The molecule has 0 aromatic heterocycles. The van der Waals surface area contributed by atoms with E-state index in [1.165, 1.54) is 11.8 Å². The zero-order valence-corrected chi connectivity index (χ0v) is 21.0. The van der Waals surface area contributed by atoms with Crippen molar-refractivity contribution in [1.29, 1.82) is 0 Å². The highest BCUT2D eigenvalue weighted by Crippen LogP contribution is 2.27. The van der Waals surface area contributed by atoms with E-state index in [0.717, 1.165) is 23.3 Å². The number of esters is 1. The van der Waals surface area contributed by atoms with E-state index in [2.05, 4.69) is 10.6 Å². The Balaban J connectivity index is 1.55. The van der Waals surface area contributed by atoms with Gasteiger partial charge in [0.1, 0.15) is 0 Å². The second kappa shape index (κ2) is 12.8. The first-order valence-electron chi connectivity index (χ1n) is 11.6. The lowest BCUT2D eigenvalue weighted by molar-refractivity contribution is -0.115. The molecule has 0 saturated heterocycles. The zero-order chi connectivity index (χ0) is 25.2. The van der Waals surface area contributed by atoms with Gasteiger partial charge in [-0.25, -0.2) is 4.79 Å². The number of anilines is 2. The molecule has 0 aliphatic rings. The monoisotopic (exact) mass is 490 g/mol. The van der Waals surface area contributed by atoms with E-state index >= 15 is 0 Å². The number of carbonyl (C=O) groups is 3. The molecule has 1 unspecified atom stereocenters. The van der Waals surface area contributed by atoms with Gasteiger partial charge in [-0.1, -0.05) is 37.6 Å². The van der Waals surface area contributed by atoms with E-state index in [1.54, 1.807) is 30.3 Å². The Kier molecular flexibility index (Phi) is 9.49. The van der Waals surface area contributed by atoms with Gasteiger partial charge >= 0.3 is 5.97 Å². The van der Waals surface area contributed by atoms with Crippen LogP contribution in [-0.2, 0) is 9.53 Å². The van der Waals surface area contributed by atoms with Crippen molar-refractivity contribution < 1.29 is 19.1 Å². The highest BCUT2D eigenvalue weighted by molar-refractivity contribution is 8.00. The number of amides is 2. The number of hydrogen-bond acceptors (Lipinski definition) is 5. The Labute approximate surface area is 210 Å². The summed E-state index contributed by atoms with van der Waals surface area (Å²) in [5.41, 5.74) is 3.25. The standard InChI is InChI=1S/C28H30N2O4S/c1-4-5-17-34-28(33)21-13-15-22(16-14-21)29-26(31)20(3)35-24-11-8-10-23(18-24)30-27(32)25-12-7-6-9-19(25)2/h6-16,18,20H,4-5,17H2,1-3H3,(H,29,31)(H,30,32). The Morgan fingerprint density at radius 1 is 0.914 bits per heavy atom. The van der Waals surface area contributed by atoms with Gasteiger partial charge in [-0.05, 0) is 74.4 Å². The van der Waals surface area contributed by atoms with Gasteiger partial charge in [0.25, 0.3) is 5.91 Å². The molecule has 182 valence electrons. The van der Waals surface area contributed by atoms with Crippen LogP contribution >= 0.6 is 11.8 Å². The smallest absolute Gasteiger partial charge is 0.338 e. The molecule has 0 fully saturated rings. The molecule has 3 aromatic rings. The molecule has 0 spiro atoms. The molecule has 0 heterocycles. The SMILES string of the molecule is CCCCOC(=O)c1ccc(NC(=O)C(C)Sc2cccc(NC(=O)c3ccccc3C)c2)cc1. The number of thioether (sulfide) groups is 1. The molecule has 0 aliphatic carbocycles. The lowest BCUT2D eigenvalue weighted by atomic mass is 10.1. The van der Waals surface area contributed by atoms with Crippen LogP contribution in [-0.4, -0.2) is 29.6 Å². The van der Waals surface area contributed by atoms with E-state index in [4.69, 9.17) is 4.74 Å². The van der Waals surface area contributed by atoms with Crippen molar-refractivity contribution in [3.05, 3.63) is 89.5 Å². The predicted molar refractivity (Wildman–Crippen MR) is 141 cm³/mol. The Morgan fingerprint density at radius 3 is 2.37 bits per heavy atom. The van der Waals surface area contributed by atoms with E-state index in [9.17, 15) is 14.4 Å². The second-order valence-electron chi connectivity index (χ2n) is 8.11. The number of benzene rings is 3. The molecule has 2 amide bonds. The number of hydrogen-bond donors (Lipinski definition) is 2. The van der Waals surface area contributed by atoms with E-state index in [1.807, 2.05) is 63.2 Å². The average molecular weight is 491 g/mol. The molecule has 2 N–H and O–H groups in total. The highest BCUT2D eigenvalue weighted by Gasteiger charge is 2.16. The van der Waals surface area contributed by atoms with Crippen molar-refractivity contribution in [1.82, 2.24) is 0 Å². The fourth-order valence-electron chi connectivity index (χ4n) is 3.26. The number of carbonyl (C=O) groups excluding carboxylic acids is 3. The summed E-state index contributed by atoms with van der Waals surface area (Å²) in [6, 6.07) is 21.5. The van der Waals surface area contributed by atoms with Crippen molar-refractivity contribution >= 4 is 40.9 Å². The second-order valence-corrected chi connectivity index (χ2v) is 9.53. The number of unbranched alkanes of at least 4 members (excludes halogenated alkanes) is 1. The Morgan fingerprint density at radius 2 is 1.66 bits per heavy atom. The van der Waals surface area contributed by atoms with Crippen LogP contribution in [0, 0.1) is 6.92 Å². The molecular weight excluding hydrogens is 460 g/mol. The largest absolute Gasteiger partial charge is 0.462 e. The van der Waals surface area contributed by atoms with E-state index in [-0.39, 0.29) is 23.0 Å². The first-order chi connectivity index (χ1) is 16.9. The molecule has 7 heteroatoms. The van der Waals surface area contributed by atoms with Crippen LogP contribution in [0.3, 0.4) is 0 Å². The highest BCUT2D eigenvalue weighted by atomic mass is 32.2. The van der Waals surface area contributed by atoms with Gasteiger partial charge in [-0.15, -0.1) is 11.8 Å². The van der Waals surface area contributed by atoms with E-state index < -0.39 is 0 Å². The summed E-state index contributed by atoms with van der Waals surface area (Å²) >= 11 is 1.39. The summed E-state index contributed by atoms with van der Waals surface area (Å²) in [6.07, 6.45) is 1.79. The summed E-state index contributed by atoms with van der Waals surface area (Å²) in [5, 5.41) is 5.42. The van der Waals surface area contributed by atoms with Crippen LogP contribution in [0.1, 0.15) is 53.0 Å². The topological polar surface area (TPSA) is 84.5 Å². The van der Waals surface area contributed by atoms with Crippen LogP contribution in [0.15, 0.2) is 77.7 Å². The lowest BCUT2D eigenvalue weighted by Gasteiger charge is -2.13. The van der Waals surface area contributed by atoms with Gasteiger partial charge in [0, 0.05) is 21.8 Å².